The van der Waals surface area contributed by atoms with Gasteiger partial charge in [0.1, 0.15) is 11.3 Å². The highest BCUT2D eigenvalue weighted by molar-refractivity contribution is 6.39. The number of benzene rings is 1. The van der Waals surface area contributed by atoms with E-state index < -0.39 is 17.3 Å². The van der Waals surface area contributed by atoms with Gasteiger partial charge in [-0.3, -0.25) is 9.69 Å². The Morgan fingerprint density at radius 2 is 1.57 bits per heavy atom. The van der Waals surface area contributed by atoms with Crippen molar-refractivity contribution >= 4 is 17.7 Å². The van der Waals surface area contributed by atoms with E-state index in [2.05, 4.69) is 46.4 Å². The average molecular weight is 555 g/mol. The molecule has 3 atom stereocenters. The summed E-state index contributed by atoms with van der Waals surface area (Å²) >= 11 is 0. The monoisotopic (exact) mass is 554 g/mol. The van der Waals surface area contributed by atoms with E-state index in [1.54, 1.807) is 24.3 Å². The zero-order valence-corrected chi connectivity index (χ0v) is 25.8. The predicted molar refractivity (Wildman–Crippen MR) is 158 cm³/mol. The number of aliphatic imine (C=N–C) groups is 1. The topological polar surface area (TPSA) is 108 Å². The van der Waals surface area contributed by atoms with Crippen molar-refractivity contribution in [2.24, 2.45) is 27.5 Å². The van der Waals surface area contributed by atoms with E-state index in [9.17, 15) is 14.7 Å². The Bertz CT molecular complexity index is 1120. The van der Waals surface area contributed by atoms with Gasteiger partial charge in [-0.25, -0.2) is 9.79 Å². The van der Waals surface area contributed by atoms with Crippen molar-refractivity contribution in [2.75, 3.05) is 13.1 Å². The lowest BCUT2D eigenvalue weighted by molar-refractivity contribution is -0.143. The zero-order valence-electron chi connectivity index (χ0n) is 25.8. The first kappa shape index (κ1) is 30.5. The molecule has 2 fully saturated rings. The van der Waals surface area contributed by atoms with Crippen molar-refractivity contribution in [1.82, 2.24) is 9.80 Å². The quantitative estimate of drug-likeness (QED) is 0.490. The second kappa shape index (κ2) is 10.8. The van der Waals surface area contributed by atoms with Gasteiger partial charge < -0.3 is 20.5 Å². The molecule has 2 aliphatic heterocycles. The van der Waals surface area contributed by atoms with Gasteiger partial charge in [-0.1, -0.05) is 53.7 Å². The molecule has 1 spiro atoms. The van der Waals surface area contributed by atoms with Crippen LogP contribution in [-0.2, 0) is 15.2 Å². The number of ether oxygens (including phenoxy) is 1. The van der Waals surface area contributed by atoms with Crippen LogP contribution in [0.1, 0.15) is 110 Å². The Morgan fingerprint density at radius 1 is 1.02 bits per heavy atom. The maximum absolute atomic E-state index is 14.6. The molecule has 0 aromatic heterocycles. The fraction of sp³-hybridized carbons (Fsp3) is 0.719. The van der Waals surface area contributed by atoms with Gasteiger partial charge in [0.25, 0.3) is 5.91 Å². The summed E-state index contributed by atoms with van der Waals surface area (Å²) in [4.78, 5) is 35.6. The van der Waals surface area contributed by atoms with Crippen LogP contribution in [0.15, 0.2) is 29.3 Å². The van der Waals surface area contributed by atoms with Crippen LogP contribution in [0.3, 0.4) is 0 Å². The number of morpholine rings is 1. The molecule has 3 aliphatic rings. The lowest BCUT2D eigenvalue weighted by Crippen LogP contribution is -2.64. The minimum Gasteiger partial charge on any atom is -0.478 e. The lowest BCUT2D eigenvalue weighted by atomic mass is 9.69. The molecule has 0 radical (unpaired) electrons. The first-order valence-corrected chi connectivity index (χ1v) is 14.9. The van der Waals surface area contributed by atoms with Crippen molar-refractivity contribution < 1.29 is 19.4 Å². The summed E-state index contributed by atoms with van der Waals surface area (Å²) in [5.74, 6) is -0.0909. The highest BCUT2D eigenvalue weighted by Gasteiger charge is 2.58. The summed E-state index contributed by atoms with van der Waals surface area (Å²) in [6.45, 7) is 18.7. The normalized spacial score (nSPS) is 29.5. The van der Waals surface area contributed by atoms with Gasteiger partial charge in [-0.15, -0.1) is 0 Å². The number of hydrogen-bond donors (Lipinski definition) is 2. The van der Waals surface area contributed by atoms with Crippen molar-refractivity contribution in [3.63, 3.8) is 0 Å². The van der Waals surface area contributed by atoms with Crippen molar-refractivity contribution in [2.45, 2.75) is 117 Å². The molecule has 1 unspecified atom stereocenters. The number of carboxylic acid groups (broad SMARTS) is 1. The van der Waals surface area contributed by atoms with Crippen LogP contribution in [-0.4, -0.2) is 63.6 Å². The molecule has 4 rings (SSSR count). The van der Waals surface area contributed by atoms with Crippen LogP contribution in [0.4, 0.5) is 0 Å². The average Bonchev–Trinajstić information content (AvgIpc) is 3.13. The molecule has 8 nitrogen and oxygen atoms in total. The third-order valence-electron chi connectivity index (χ3n) is 9.14. The minimum absolute atomic E-state index is 0.00651. The van der Waals surface area contributed by atoms with Gasteiger partial charge in [0.05, 0.1) is 17.8 Å². The summed E-state index contributed by atoms with van der Waals surface area (Å²) in [6, 6.07) is 6.75. The zero-order chi connectivity index (χ0) is 29.7. The van der Waals surface area contributed by atoms with Crippen molar-refractivity contribution in [3.8, 4) is 0 Å². The molecule has 222 valence electrons. The Balaban J connectivity index is 1.81. The second-order valence-electron chi connectivity index (χ2n) is 14.7. The third-order valence-corrected chi connectivity index (χ3v) is 9.14. The van der Waals surface area contributed by atoms with Crippen LogP contribution in [0, 0.1) is 16.7 Å². The van der Waals surface area contributed by atoms with Crippen LogP contribution in [0.2, 0.25) is 0 Å². The predicted octanol–water partition coefficient (Wildman–Crippen LogP) is 5.61. The van der Waals surface area contributed by atoms with Crippen LogP contribution in [0.5, 0.6) is 0 Å². The van der Waals surface area contributed by atoms with E-state index in [1.165, 1.54) is 0 Å². The van der Waals surface area contributed by atoms with Crippen LogP contribution in [0.25, 0.3) is 0 Å². The fourth-order valence-electron chi connectivity index (χ4n) is 6.83. The van der Waals surface area contributed by atoms with Gasteiger partial charge >= 0.3 is 5.97 Å². The Morgan fingerprint density at radius 3 is 2.05 bits per heavy atom. The van der Waals surface area contributed by atoms with Gasteiger partial charge in [0.15, 0.2) is 5.84 Å². The van der Waals surface area contributed by atoms with Crippen LogP contribution < -0.4 is 5.73 Å². The smallest absolute Gasteiger partial charge is 0.335 e. The number of amidine groups is 1. The molecule has 1 aliphatic carbocycles. The molecule has 40 heavy (non-hydrogen) atoms. The molecule has 1 aromatic carbocycles. The number of nitrogens with zero attached hydrogens (tertiary/aromatic N) is 3. The number of aromatic carboxylic acids is 1. The fourth-order valence-corrected chi connectivity index (χ4v) is 6.83. The standard InChI is InChI=1S/C32H50N4O4/c1-21-19-35(20-22(2)40-21)26-27(37)36(31(34-26)15-13-24(14-16-31)30(6,7)8)32(33,18-17-29(3,4)5)25-11-9-23(10-12-25)28(38)39/h9-12,21-22,24H,13-20,33H2,1-8H3,(H,38,39)/t21-,22?,24?,31?,32-/m1/s1. The van der Waals surface area contributed by atoms with Gasteiger partial charge in [0, 0.05) is 13.1 Å². The molecule has 1 saturated heterocycles. The Hall–Kier alpha value is -2.45. The number of nitrogens with two attached hydrogens (primary N) is 1. The van der Waals surface area contributed by atoms with Gasteiger partial charge in [-0.2, -0.15) is 0 Å². The van der Waals surface area contributed by atoms with E-state index in [4.69, 9.17) is 15.5 Å². The summed E-state index contributed by atoms with van der Waals surface area (Å²) in [5, 5.41) is 9.52. The maximum Gasteiger partial charge on any atom is 0.335 e. The van der Waals surface area contributed by atoms with E-state index >= 15 is 0 Å². The number of carboxylic acids is 1. The first-order valence-electron chi connectivity index (χ1n) is 14.9. The van der Waals surface area contributed by atoms with Gasteiger partial charge in [0.2, 0.25) is 0 Å². The van der Waals surface area contributed by atoms with E-state index in [1.807, 2.05) is 18.7 Å². The number of amides is 1. The van der Waals surface area contributed by atoms with Crippen molar-refractivity contribution in [3.05, 3.63) is 35.4 Å². The summed E-state index contributed by atoms with van der Waals surface area (Å²) in [5.41, 5.74) is 6.68. The molecular weight excluding hydrogens is 504 g/mol. The second-order valence-corrected chi connectivity index (χ2v) is 14.7. The van der Waals surface area contributed by atoms with E-state index in [-0.39, 0.29) is 34.5 Å². The molecule has 2 heterocycles. The number of carbonyl (C=O) groups is 2. The highest BCUT2D eigenvalue weighted by Crippen LogP contribution is 2.50. The maximum atomic E-state index is 14.6. The number of hydrogen-bond acceptors (Lipinski definition) is 6. The Labute approximate surface area is 240 Å². The number of carbonyl (C=O) groups excluding carboxylic acids is 1. The largest absolute Gasteiger partial charge is 0.478 e. The lowest BCUT2D eigenvalue weighted by Gasteiger charge is -2.51. The molecule has 8 heteroatoms. The molecule has 0 bridgehead atoms. The summed E-state index contributed by atoms with van der Waals surface area (Å²) in [6.07, 6.45) is 4.75. The van der Waals surface area contributed by atoms with Gasteiger partial charge in [-0.05, 0) is 86.8 Å². The molecule has 1 amide bonds. The first-order chi connectivity index (χ1) is 18.4. The molecule has 1 saturated carbocycles. The van der Waals surface area contributed by atoms with E-state index in [0.717, 1.165) is 37.7 Å². The Kier molecular flexibility index (Phi) is 8.20. The molecule has 1 aromatic rings. The molecule has 3 N–H and O–H groups in total. The molecular formula is C32H50N4O4. The number of rotatable bonds is 5. The van der Waals surface area contributed by atoms with Crippen molar-refractivity contribution in [1.29, 1.82) is 0 Å². The highest BCUT2D eigenvalue weighted by atomic mass is 16.5. The van der Waals surface area contributed by atoms with E-state index in [0.29, 0.717) is 31.3 Å². The summed E-state index contributed by atoms with van der Waals surface area (Å²) < 4.78 is 5.98. The third kappa shape index (κ3) is 6.08. The SMILES string of the molecule is CC1CN(C2=NC3(CCC(C(C)(C)C)CC3)N([C@](N)(CCC(C)(C)C)c3ccc(C(=O)O)cc3)C2=O)C[C@@H](C)O1. The minimum atomic E-state index is -1.15. The summed E-state index contributed by atoms with van der Waals surface area (Å²) in [7, 11) is 0. The van der Waals surface area contributed by atoms with Crippen LogP contribution >= 0.6 is 0 Å².